The van der Waals surface area contributed by atoms with Crippen LogP contribution in [0.2, 0.25) is 0 Å². The number of thiazole rings is 1. The Labute approximate surface area is 118 Å². The maximum absolute atomic E-state index is 4.76. The Bertz CT molecular complexity index is 523. The van der Waals surface area contributed by atoms with Crippen molar-refractivity contribution in [3.05, 3.63) is 41.4 Å². The lowest BCUT2D eigenvalue weighted by atomic mass is 10.2. The summed E-state index contributed by atoms with van der Waals surface area (Å²) in [4.78, 5) is 7.23. The highest BCUT2D eigenvalue weighted by molar-refractivity contribution is 7.13. The van der Waals surface area contributed by atoms with Gasteiger partial charge in [-0.05, 0) is 6.92 Å². The van der Waals surface area contributed by atoms with Crippen molar-refractivity contribution in [2.45, 2.75) is 19.5 Å². The van der Waals surface area contributed by atoms with Gasteiger partial charge in [-0.25, -0.2) is 4.98 Å². The lowest BCUT2D eigenvalue weighted by Gasteiger charge is -2.31. The molecule has 2 heterocycles. The second-order valence-corrected chi connectivity index (χ2v) is 5.96. The second kappa shape index (κ2) is 5.82. The average Bonchev–Trinajstić information content (AvgIpc) is 2.88. The van der Waals surface area contributed by atoms with Gasteiger partial charge in [-0.3, -0.25) is 4.90 Å². The predicted molar refractivity (Wildman–Crippen MR) is 80.3 cm³/mol. The van der Waals surface area contributed by atoms with Gasteiger partial charge in [0.05, 0.1) is 5.69 Å². The maximum atomic E-state index is 4.76. The molecule has 2 aromatic rings. The molecule has 0 spiro atoms. The monoisotopic (exact) mass is 273 g/mol. The summed E-state index contributed by atoms with van der Waals surface area (Å²) in [6.07, 6.45) is 0. The van der Waals surface area contributed by atoms with Gasteiger partial charge in [0, 0.05) is 43.2 Å². The van der Waals surface area contributed by atoms with Crippen LogP contribution in [0.1, 0.15) is 12.6 Å². The average molecular weight is 273 g/mol. The number of rotatable bonds is 3. The van der Waals surface area contributed by atoms with Crippen LogP contribution < -0.4 is 5.32 Å². The van der Waals surface area contributed by atoms with E-state index in [1.165, 1.54) is 11.3 Å². The number of aromatic nitrogens is 1. The fourth-order valence-corrected chi connectivity index (χ4v) is 3.29. The molecule has 1 aliphatic rings. The largest absolute Gasteiger partial charge is 0.312 e. The van der Waals surface area contributed by atoms with Crippen LogP contribution in [-0.2, 0) is 6.54 Å². The molecule has 0 amide bonds. The van der Waals surface area contributed by atoms with Crippen LogP contribution in [0, 0.1) is 0 Å². The van der Waals surface area contributed by atoms with E-state index in [2.05, 4.69) is 46.8 Å². The number of piperazine rings is 1. The molecule has 100 valence electrons. The number of hydrogen-bond donors (Lipinski definition) is 1. The van der Waals surface area contributed by atoms with Crippen molar-refractivity contribution in [3.8, 4) is 10.6 Å². The van der Waals surface area contributed by atoms with Crippen LogP contribution >= 0.6 is 11.3 Å². The standard InChI is InChI=1S/C15H19N3S/c1-12-9-18(8-7-16-12)10-14-11-19-15(17-14)13-5-3-2-4-6-13/h2-6,11-12,16H,7-10H2,1H3/t12-/m0/s1. The number of benzene rings is 1. The molecule has 0 aliphatic carbocycles. The molecule has 1 aromatic heterocycles. The van der Waals surface area contributed by atoms with Gasteiger partial charge in [-0.1, -0.05) is 30.3 Å². The normalized spacial score (nSPS) is 20.6. The van der Waals surface area contributed by atoms with Gasteiger partial charge in [-0.15, -0.1) is 11.3 Å². The topological polar surface area (TPSA) is 28.2 Å². The maximum Gasteiger partial charge on any atom is 0.123 e. The van der Waals surface area contributed by atoms with Gasteiger partial charge in [0.2, 0.25) is 0 Å². The molecule has 1 N–H and O–H groups in total. The summed E-state index contributed by atoms with van der Waals surface area (Å²) < 4.78 is 0. The lowest BCUT2D eigenvalue weighted by Crippen LogP contribution is -2.48. The highest BCUT2D eigenvalue weighted by Crippen LogP contribution is 2.23. The first-order valence-corrected chi connectivity index (χ1v) is 7.65. The molecule has 0 radical (unpaired) electrons. The van der Waals surface area contributed by atoms with E-state index in [0.717, 1.165) is 31.2 Å². The zero-order chi connectivity index (χ0) is 13.1. The highest BCUT2D eigenvalue weighted by Gasteiger charge is 2.16. The smallest absolute Gasteiger partial charge is 0.123 e. The zero-order valence-corrected chi connectivity index (χ0v) is 12.0. The van der Waals surface area contributed by atoms with Crippen LogP contribution in [0.25, 0.3) is 10.6 Å². The lowest BCUT2D eigenvalue weighted by molar-refractivity contribution is 0.198. The second-order valence-electron chi connectivity index (χ2n) is 5.10. The zero-order valence-electron chi connectivity index (χ0n) is 11.2. The van der Waals surface area contributed by atoms with Gasteiger partial charge < -0.3 is 5.32 Å². The van der Waals surface area contributed by atoms with Crippen molar-refractivity contribution in [1.29, 1.82) is 0 Å². The number of nitrogens with one attached hydrogen (secondary N) is 1. The van der Waals surface area contributed by atoms with Crippen LogP contribution in [0.4, 0.5) is 0 Å². The first-order chi connectivity index (χ1) is 9.31. The van der Waals surface area contributed by atoms with Crippen molar-refractivity contribution in [1.82, 2.24) is 15.2 Å². The van der Waals surface area contributed by atoms with Crippen LogP contribution in [0.15, 0.2) is 35.7 Å². The minimum absolute atomic E-state index is 0.584. The SMILES string of the molecule is C[C@H]1CN(Cc2csc(-c3ccccc3)n2)CCN1. The first-order valence-electron chi connectivity index (χ1n) is 6.77. The molecule has 1 aliphatic heterocycles. The Morgan fingerprint density at radius 3 is 3.00 bits per heavy atom. The Morgan fingerprint density at radius 1 is 1.37 bits per heavy atom. The van der Waals surface area contributed by atoms with E-state index in [1.807, 2.05) is 6.07 Å². The van der Waals surface area contributed by atoms with Crippen molar-refractivity contribution in [3.63, 3.8) is 0 Å². The molecule has 3 rings (SSSR count). The minimum Gasteiger partial charge on any atom is -0.312 e. The predicted octanol–water partition coefficient (Wildman–Crippen LogP) is 2.60. The Balaban J connectivity index is 1.68. The first kappa shape index (κ1) is 12.8. The molecule has 19 heavy (non-hydrogen) atoms. The Morgan fingerprint density at radius 2 is 2.21 bits per heavy atom. The molecule has 4 heteroatoms. The summed E-state index contributed by atoms with van der Waals surface area (Å²) in [7, 11) is 0. The summed E-state index contributed by atoms with van der Waals surface area (Å²) in [6.45, 7) is 6.51. The van der Waals surface area contributed by atoms with Gasteiger partial charge in [0.15, 0.2) is 0 Å². The van der Waals surface area contributed by atoms with Crippen LogP contribution in [0.3, 0.4) is 0 Å². The van der Waals surface area contributed by atoms with E-state index >= 15 is 0 Å². The summed E-state index contributed by atoms with van der Waals surface area (Å²) in [5.74, 6) is 0. The fourth-order valence-electron chi connectivity index (χ4n) is 2.48. The molecule has 1 atom stereocenters. The van der Waals surface area contributed by atoms with E-state index in [0.29, 0.717) is 6.04 Å². The van der Waals surface area contributed by atoms with Crippen molar-refractivity contribution in [2.75, 3.05) is 19.6 Å². The molecular weight excluding hydrogens is 254 g/mol. The summed E-state index contributed by atoms with van der Waals surface area (Å²) in [5.41, 5.74) is 2.41. The Hall–Kier alpha value is -1.23. The number of nitrogens with zero attached hydrogens (tertiary/aromatic N) is 2. The van der Waals surface area contributed by atoms with E-state index in [9.17, 15) is 0 Å². The molecule has 1 fully saturated rings. The van der Waals surface area contributed by atoms with Crippen molar-refractivity contribution < 1.29 is 0 Å². The van der Waals surface area contributed by atoms with Gasteiger partial charge in [-0.2, -0.15) is 0 Å². The summed E-state index contributed by atoms with van der Waals surface area (Å²) in [5, 5.41) is 6.78. The fraction of sp³-hybridized carbons (Fsp3) is 0.400. The van der Waals surface area contributed by atoms with Crippen molar-refractivity contribution >= 4 is 11.3 Å². The quantitative estimate of drug-likeness (QED) is 0.931. The van der Waals surface area contributed by atoms with Crippen LogP contribution in [-0.4, -0.2) is 35.6 Å². The summed E-state index contributed by atoms with van der Waals surface area (Å²) >= 11 is 1.74. The molecular formula is C15H19N3S. The summed E-state index contributed by atoms with van der Waals surface area (Å²) in [6, 6.07) is 11.0. The van der Waals surface area contributed by atoms with E-state index < -0.39 is 0 Å². The van der Waals surface area contributed by atoms with Crippen molar-refractivity contribution in [2.24, 2.45) is 0 Å². The number of hydrogen-bond acceptors (Lipinski definition) is 4. The van der Waals surface area contributed by atoms with E-state index in [4.69, 9.17) is 4.98 Å². The molecule has 1 saturated heterocycles. The molecule has 0 unspecified atom stereocenters. The molecule has 0 bridgehead atoms. The third-order valence-corrected chi connectivity index (χ3v) is 4.35. The molecule has 3 nitrogen and oxygen atoms in total. The molecule has 1 aromatic carbocycles. The third-order valence-electron chi connectivity index (χ3n) is 3.41. The van der Waals surface area contributed by atoms with E-state index in [-0.39, 0.29) is 0 Å². The van der Waals surface area contributed by atoms with Gasteiger partial charge in [0.25, 0.3) is 0 Å². The Kier molecular flexibility index (Phi) is 3.92. The van der Waals surface area contributed by atoms with Gasteiger partial charge >= 0.3 is 0 Å². The highest BCUT2D eigenvalue weighted by atomic mass is 32.1. The molecule has 0 saturated carbocycles. The minimum atomic E-state index is 0.584. The van der Waals surface area contributed by atoms with Crippen LogP contribution in [0.5, 0.6) is 0 Å². The van der Waals surface area contributed by atoms with Gasteiger partial charge in [0.1, 0.15) is 5.01 Å². The van der Waals surface area contributed by atoms with E-state index in [1.54, 1.807) is 11.3 Å². The third kappa shape index (κ3) is 3.21.